The lowest BCUT2D eigenvalue weighted by Gasteiger charge is -2.33. The molecule has 0 spiro atoms. The van der Waals surface area contributed by atoms with Crippen LogP contribution in [0.25, 0.3) is 5.69 Å². The Kier molecular flexibility index (Phi) is 4.23. The Hall–Kier alpha value is -2.68. The molecule has 26 heavy (non-hydrogen) atoms. The number of hydrogen-bond donors (Lipinski definition) is 2. The van der Waals surface area contributed by atoms with Crippen LogP contribution in [-0.4, -0.2) is 51.0 Å². The highest BCUT2D eigenvalue weighted by molar-refractivity contribution is 9.10. The van der Waals surface area contributed by atoms with E-state index in [4.69, 9.17) is 0 Å². The van der Waals surface area contributed by atoms with Gasteiger partial charge in [-0.15, -0.1) is 0 Å². The van der Waals surface area contributed by atoms with Crippen LogP contribution in [0.5, 0.6) is 0 Å². The number of rotatable bonds is 2. The van der Waals surface area contributed by atoms with Gasteiger partial charge in [0.2, 0.25) is 5.91 Å². The van der Waals surface area contributed by atoms with Gasteiger partial charge in [-0.1, -0.05) is 12.1 Å². The third-order valence-corrected chi connectivity index (χ3v) is 5.36. The Labute approximate surface area is 157 Å². The van der Waals surface area contributed by atoms with Gasteiger partial charge in [-0.3, -0.25) is 14.4 Å². The molecule has 0 aliphatic carbocycles. The van der Waals surface area contributed by atoms with Crippen LogP contribution < -0.4 is 10.6 Å². The first kappa shape index (κ1) is 16.8. The van der Waals surface area contributed by atoms with Crippen molar-refractivity contribution in [3.8, 4) is 5.69 Å². The number of fused-ring (bicyclic) bond motifs is 2. The van der Waals surface area contributed by atoms with E-state index in [9.17, 15) is 14.4 Å². The van der Waals surface area contributed by atoms with Crippen LogP contribution in [0.4, 0.5) is 5.69 Å². The van der Waals surface area contributed by atoms with Crippen LogP contribution in [0.1, 0.15) is 12.8 Å². The van der Waals surface area contributed by atoms with Gasteiger partial charge in [-0.05, 0) is 40.9 Å². The first-order chi connectivity index (χ1) is 12.5. The van der Waals surface area contributed by atoms with Gasteiger partial charge in [-0.2, -0.15) is 5.10 Å². The number of piperazine rings is 1. The van der Waals surface area contributed by atoms with Crippen LogP contribution in [-0.2, 0) is 14.4 Å². The summed E-state index contributed by atoms with van der Waals surface area (Å²) in [4.78, 5) is 38.2. The molecule has 3 heterocycles. The van der Waals surface area contributed by atoms with Gasteiger partial charge in [0, 0.05) is 11.0 Å². The average Bonchev–Trinajstić information content (AvgIpc) is 3.22. The number of para-hydroxylation sites is 1. The van der Waals surface area contributed by atoms with Gasteiger partial charge in [0.1, 0.15) is 6.04 Å². The summed E-state index contributed by atoms with van der Waals surface area (Å²) in [7, 11) is 0. The molecule has 1 aromatic carbocycles. The molecule has 2 bridgehead atoms. The standard InChI is InChI=1S/C17H16BrN5O3/c18-12-3-1-2-4-13(12)22-9-10(7-20-22)21-16(25)17(26)23-11-5-6-14(23)15(24)19-8-11/h1-4,7,9,11,14H,5-6,8H2,(H,19,24)(H,21,25). The van der Waals surface area contributed by atoms with Gasteiger partial charge in [0.25, 0.3) is 0 Å². The van der Waals surface area contributed by atoms with Crippen molar-refractivity contribution in [2.45, 2.75) is 24.9 Å². The monoisotopic (exact) mass is 417 g/mol. The molecule has 9 heteroatoms. The minimum atomic E-state index is -0.761. The molecule has 4 rings (SSSR count). The molecule has 0 saturated carbocycles. The zero-order chi connectivity index (χ0) is 18.3. The molecule has 2 unspecified atom stereocenters. The normalized spacial score (nSPS) is 21.4. The molecular formula is C17H16BrN5O3. The number of halogens is 1. The second-order valence-electron chi connectivity index (χ2n) is 6.28. The first-order valence-electron chi connectivity index (χ1n) is 8.25. The summed E-state index contributed by atoms with van der Waals surface area (Å²) in [5, 5.41) is 9.54. The molecule has 2 aliphatic heterocycles. The number of carbonyl (C=O) groups excluding carboxylic acids is 3. The summed E-state index contributed by atoms with van der Waals surface area (Å²) in [5.74, 6) is -1.63. The van der Waals surface area contributed by atoms with Gasteiger partial charge < -0.3 is 15.5 Å². The van der Waals surface area contributed by atoms with Gasteiger partial charge in [0.05, 0.1) is 29.8 Å². The predicted molar refractivity (Wildman–Crippen MR) is 96.6 cm³/mol. The van der Waals surface area contributed by atoms with E-state index in [1.54, 1.807) is 10.9 Å². The maximum atomic E-state index is 12.5. The van der Waals surface area contributed by atoms with Crippen molar-refractivity contribution in [2.75, 3.05) is 11.9 Å². The fraction of sp³-hybridized carbons (Fsp3) is 0.294. The maximum Gasteiger partial charge on any atom is 0.314 e. The summed E-state index contributed by atoms with van der Waals surface area (Å²) >= 11 is 3.45. The average molecular weight is 418 g/mol. The lowest BCUT2D eigenvalue weighted by molar-refractivity contribution is -0.149. The Morgan fingerprint density at radius 3 is 2.88 bits per heavy atom. The highest BCUT2D eigenvalue weighted by Gasteiger charge is 2.46. The largest absolute Gasteiger partial charge is 0.352 e. The summed E-state index contributed by atoms with van der Waals surface area (Å²) in [6, 6.07) is 6.87. The molecule has 2 aromatic rings. The van der Waals surface area contributed by atoms with E-state index in [0.29, 0.717) is 18.7 Å². The quantitative estimate of drug-likeness (QED) is 0.714. The summed E-state index contributed by atoms with van der Waals surface area (Å²) < 4.78 is 2.45. The van der Waals surface area contributed by atoms with Gasteiger partial charge in [-0.25, -0.2) is 4.68 Å². The van der Waals surface area contributed by atoms with Crippen molar-refractivity contribution in [1.82, 2.24) is 20.0 Å². The number of benzene rings is 1. The summed E-state index contributed by atoms with van der Waals surface area (Å²) in [6.45, 7) is 0.397. The first-order valence-corrected chi connectivity index (χ1v) is 9.05. The van der Waals surface area contributed by atoms with Crippen LogP contribution in [0.15, 0.2) is 41.1 Å². The van der Waals surface area contributed by atoms with Crippen molar-refractivity contribution in [2.24, 2.45) is 0 Å². The summed E-state index contributed by atoms with van der Waals surface area (Å²) in [6.07, 6.45) is 4.42. The lowest BCUT2D eigenvalue weighted by Crippen LogP contribution is -2.59. The van der Waals surface area contributed by atoms with Gasteiger partial charge >= 0.3 is 11.8 Å². The molecule has 8 nitrogen and oxygen atoms in total. The topological polar surface area (TPSA) is 96.3 Å². The highest BCUT2D eigenvalue weighted by atomic mass is 79.9. The van der Waals surface area contributed by atoms with E-state index in [1.807, 2.05) is 24.3 Å². The third kappa shape index (κ3) is 2.88. The van der Waals surface area contributed by atoms with Crippen LogP contribution >= 0.6 is 15.9 Å². The van der Waals surface area contributed by atoms with Crippen molar-refractivity contribution in [1.29, 1.82) is 0 Å². The van der Waals surface area contributed by atoms with Gasteiger partial charge in [0.15, 0.2) is 0 Å². The molecule has 2 aliphatic rings. The molecule has 1 aromatic heterocycles. The molecule has 134 valence electrons. The van der Waals surface area contributed by atoms with E-state index < -0.39 is 17.9 Å². The Morgan fingerprint density at radius 1 is 1.27 bits per heavy atom. The molecule has 2 N–H and O–H groups in total. The van der Waals surface area contributed by atoms with Crippen LogP contribution in [0.2, 0.25) is 0 Å². The molecule has 2 saturated heterocycles. The van der Waals surface area contributed by atoms with Crippen molar-refractivity contribution in [3.63, 3.8) is 0 Å². The number of hydrogen-bond acceptors (Lipinski definition) is 4. The SMILES string of the molecule is O=C(Nc1cnn(-c2ccccc2Br)c1)C(=O)N1C2CCC1C(=O)NC2. The minimum Gasteiger partial charge on any atom is -0.352 e. The van der Waals surface area contributed by atoms with Crippen molar-refractivity contribution in [3.05, 3.63) is 41.1 Å². The highest BCUT2D eigenvalue weighted by Crippen LogP contribution is 2.27. The molecule has 2 atom stereocenters. The fourth-order valence-electron chi connectivity index (χ4n) is 3.44. The minimum absolute atomic E-state index is 0.112. The lowest BCUT2D eigenvalue weighted by atomic mass is 10.2. The number of amides is 3. The maximum absolute atomic E-state index is 12.5. The second-order valence-corrected chi connectivity index (χ2v) is 7.14. The van der Waals surface area contributed by atoms with Crippen LogP contribution in [0.3, 0.4) is 0 Å². The number of aromatic nitrogens is 2. The number of nitrogens with zero attached hydrogens (tertiary/aromatic N) is 3. The molecule has 0 radical (unpaired) electrons. The number of nitrogens with one attached hydrogen (secondary N) is 2. The predicted octanol–water partition coefficient (Wildman–Crippen LogP) is 1.06. The van der Waals surface area contributed by atoms with Crippen molar-refractivity contribution >= 4 is 39.3 Å². The third-order valence-electron chi connectivity index (χ3n) is 4.69. The summed E-state index contributed by atoms with van der Waals surface area (Å²) in [5.41, 5.74) is 1.22. The Morgan fingerprint density at radius 2 is 2.08 bits per heavy atom. The van der Waals surface area contributed by atoms with E-state index >= 15 is 0 Å². The smallest absolute Gasteiger partial charge is 0.314 e. The zero-order valence-corrected chi connectivity index (χ0v) is 15.3. The van der Waals surface area contributed by atoms with E-state index in [0.717, 1.165) is 16.6 Å². The Balaban J connectivity index is 1.48. The molecular weight excluding hydrogens is 402 g/mol. The second kappa shape index (κ2) is 6.56. The fourth-order valence-corrected chi connectivity index (χ4v) is 3.91. The van der Waals surface area contributed by atoms with Crippen LogP contribution in [0, 0.1) is 0 Å². The van der Waals surface area contributed by atoms with Crippen molar-refractivity contribution < 1.29 is 14.4 Å². The number of carbonyl (C=O) groups is 3. The molecule has 3 amide bonds. The number of anilines is 1. The zero-order valence-electron chi connectivity index (χ0n) is 13.7. The van der Waals surface area contributed by atoms with E-state index in [-0.39, 0.29) is 11.9 Å². The van der Waals surface area contributed by atoms with E-state index in [1.165, 1.54) is 11.1 Å². The van der Waals surface area contributed by atoms with E-state index in [2.05, 4.69) is 31.7 Å². The Bertz CT molecular complexity index is 896. The molecule has 2 fully saturated rings.